The number of hydrogen-bond acceptors (Lipinski definition) is 7. The van der Waals surface area contributed by atoms with Crippen molar-refractivity contribution in [3.63, 3.8) is 0 Å². The summed E-state index contributed by atoms with van der Waals surface area (Å²) in [4.78, 5) is 58.6. The Morgan fingerprint density at radius 2 is 1.60 bits per heavy atom. The number of rotatable bonds is 14. The molecule has 42 heavy (non-hydrogen) atoms. The summed E-state index contributed by atoms with van der Waals surface area (Å²) in [5.74, 6) is -2.35. The van der Waals surface area contributed by atoms with Gasteiger partial charge in [0.05, 0.1) is 7.11 Å². The van der Waals surface area contributed by atoms with Crippen molar-refractivity contribution in [1.82, 2.24) is 20.9 Å². The van der Waals surface area contributed by atoms with Gasteiger partial charge in [-0.1, -0.05) is 30.3 Å². The number of aromatic amines is 1. The van der Waals surface area contributed by atoms with Crippen LogP contribution in [0, 0.1) is 0 Å². The zero-order valence-corrected chi connectivity index (χ0v) is 23.6. The number of para-hydroxylation sites is 1. The van der Waals surface area contributed by atoms with Gasteiger partial charge in [-0.2, -0.15) is 0 Å². The van der Waals surface area contributed by atoms with Gasteiger partial charge in [-0.15, -0.1) is 0 Å². The normalized spacial score (nSPS) is 12.9. The zero-order valence-electron chi connectivity index (χ0n) is 23.6. The number of aromatic nitrogens is 1. The number of benzene rings is 2. The number of nitrogens with two attached hydrogens (primary N) is 2. The topological polar surface area (TPSA) is 214 Å². The number of phenolic OH excluding ortho intramolecular Hbond substituents is 1. The van der Waals surface area contributed by atoms with Crippen LogP contribution in [0.3, 0.4) is 0 Å². The molecule has 9 N–H and O–H groups in total. The van der Waals surface area contributed by atoms with E-state index in [4.69, 9.17) is 16.2 Å². The molecule has 1 heterocycles. The number of phenols is 1. The molecule has 0 spiro atoms. The molecule has 0 radical (unpaired) electrons. The van der Waals surface area contributed by atoms with Crippen molar-refractivity contribution in [3.8, 4) is 5.75 Å². The fourth-order valence-corrected chi connectivity index (χ4v) is 4.50. The molecule has 0 bridgehead atoms. The van der Waals surface area contributed by atoms with Crippen LogP contribution in [0.2, 0.25) is 0 Å². The SMILES string of the molecule is COC(=O)[C@H](Cc1ccc(O)cc1)NC(=O)[C@H](CCCN=C(N)N)NC(=O)[C@H](Cc1c[nH]c2ccccc12)NC(C)=O. The minimum atomic E-state index is -1.09. The number of amides is 3. The molecule has 0 aliphatic rings. The first-order valence-electron chi connectivity index (χ1n) is 13.4. The number of methoxy groups -OCH3 is 1. The number of nitrogens with zero attached hydrogens (tertiary/aromatic N) is 1. The van der Waals surface area contributed by atoms with Crippen LogP contribution in [0.15, 0.2) is 59.7 Å². The number of fused-ring (bicyclic) bond motifs is 1. The number of aromatic hydroxyl groups is 1. The van der Waals surface area contributed by atoms with Gasteiger partial charge in [-0.25, -0.2) is 4.79 Å². The number of guanidine groups is 1. The molecule has 3 amide bonds. The van der Waals surface area contributed by atoms with Crippen molar-refractivity contribution in [2.45, 2.75) is 50.7 Å². The van der Waals surface area contributed by atoms with Crippen LogP contribution in [-0.2, 0) is 36.8 Å². The van der Waals surface area contributed by atoms with Gasteiger partial charge in [0.25, 0.3) is 0 Å². The predicted molar refractivity (Wildman–Crippen MR) is 157 cm³/mol. The molecule has 0 unspecified atom stereocenters. The van der Waals surface area contributed by atoms with Crippen molar-refractivity contribution >= 4 is 40.6 Å². The van der Waals surface area contributed by atoms with E-state index in [1.807, 2.05) is 24.3 Å². The number of ether oxygens (including phenoxy) is 1. The molecule has 0 aliphatic carbocycles. The zero-order chi connectivity index (χ0) is 30.6. The van der Waals surface area contributed by atoms with E-state index in [2.05, 4.69) is 25.9 Å². The molecule has 224 valence electrons. The van der Waals surface area contributed by atoms with Crippen LogP contribution in [0.25, 0.3) is 10.9 Å². The Hall–Kier alpha value is -5.07. The standard InChI is InChI=1S/C29H37N7O6/c1-17(37)34-24(15-19-16-33-22-7-4-3-6-21(19)22)27(40)35-23(8-5-13-32-29(30)31)26(39)36-25(28(41)42-2)14-18-9-11-20(38)12-10-18/h3-4,6-7,9-12,16,23-25,33,38H,5,8,13-15H2,1-2H3,(H,34,37)(H,35,40)(H,36,39)(H4,30,31,32)/t23-,24-,25-/m0/s1. The summed E-state index contributed by atoms with van der Waals surface area (Å²) in [6.07, 6.45) is 2.51. The summed E-state index contributed by atoms with van der Waals surface area (Å²) >= 11 is 0. The summed E-state index contributed by atoms with van der Waals surface area (Å²) < 4.78 is 4.88. The molecule has 1 aromatic heterocycles. The highest BCUT2D eigenvalue weighted by atomic mass is 16.5. The van der Waals surface area contributed by atoms with Gasteiger partial charge in [0.1, 0.15) is 23.9 Å². The van der Waals surface area contributed by atoms with E-state index in [0.29, 0.717) is 12.0 Å². The van der Waals surface area contributed by atoms with Crippen LogP contribution >= 0.6 is 0 Å². The first kappa shape index (κ1) is 31.5. The van der Waals surface area contributed by atoms with Gasteiger partial charge in [-0.05, 0) is 42.2 Å². The minimum Gasteiger partial charge on any atom is -0.508 e. The average Bonchev–Trinajstić information content (AvgIpc) is 3.36. The van der Waals surface area contributed by atoms with Crippen LogP contribution in [0.1, 0.15) is 30.9 Å². The third-order valence-corrected chi connectivity index (χ3v) is 6.55. The molecule has 3 atom stereocenters. The maximum atomic E-state index is 13.5. The Balaban J connectivity index is 1.80. The monoisotopic (exact) mass is 579 g/mol. The van der Waals surface area contributed by atoms with Crippen molar-refractivity contribution in [2.24, 2.45) is 16.5 Å². The molecule has 13 nitrogen and oxygen atoms in total. The quantitative estimate of drug-likeness (QED) is 0.0611. The van der Waals surface area contributed by atoms with Gasteiger partial charge in [0.2, 0.25) is 17.7 Å². The summed E-state index contributed by atoms with van der Waals surface area (Å²) in [5.41, 5.74) is 13.2. The van der Waals surface area contributed by atoms with Crippen molar-refractivity contribution in [1.29, 1.82) is 0 Å². The van der Waals surface area contributed by atoms with Crippen LogP contribution in [-0.4, -0.2) is 71.5 Å². The Morgan fingerprint density at radius 1 is 0.929 bits per heavy atom. The number of esters is 1. The first-order chi connectivity index (χ1) is 20.1. The van der Waals surface area contributed by atoms with Gasteiger partial charge in [-0.3, -0.25) is 19.4 Å². The van der Waals surface area contributed by atoms with E-state index >= 15 is 0 Å². The highest BCUT2D eigenvalue weighted by Gasteiger charge is 2.30. The molecule has 13 heteroatoms. The second kappa shape index (κ2) is 15.1. The number of hydrogen-bond donors (Lipinski definition) is 7. The highest BCUT2D eigenvalue weighted by Crippen LogP contribution is 2.19. The highest BCUT2D eigenvalue weighted by molar-refractivity contribution is 5.94. The number of H-pyrrole nitrogens is 1. The van der Waals surface area contributed by atoms with Gasteiger partial charge in [0, 0.05) is 43.4 Å². The predicted octanol–water partition coefficient (Wildman–Crippen LogP) is 0.360. The number of aliphatic imine (C=N–C) groups is 1. The largest absolute Gasteiger partial charge is 0.508 e. The number of carbonyl (C=O) groups excluding carboxylic acids is 4. The van der Waals surface area contributed by atoms with Crippen molar-refractivity contribution in [2.75, 3.05) is 13.7 Å². The lowest BCUT2D eigenvalue weighted by atomic mass is 10.0. The fourth-order valence-electron chi connectivity index (χ4n) is 4.50. The Morgan fingerprint density at radius 3 is 2.26 bits per heavy atom. The van der Waals surface area contributed by atoms with E-state index < -0.39 is 41.8 Å². The van der Waals surface area contributed by atoms with Crippen LogP contribution in [0.4, 0.5) is 0 Å². The molecular weight excluding hydrogens is 542 g/mol. The fraction of sp³-hybridized carbons (Fsp3) is 0.345. The molecule has 0 saturated heterocycles. The Kier molecular flexibility index (Phi) is 11.3. The van der Waals surface area contributed by atoms with Gasteiger partial charge < -0.3 is 42.2 Å². The lowest BCUT2D eigenvalue weighted by Crippen LogP contribution is -2.56. The number of carbonyl (C=O) groups is 4. The molecule has 3 rings (SSSR count). The molecule has 3 aromatic rings. The van der Waals surface area contributed by atoms with Crippen molar-refractivity contribution < 1.29 is 29.0 Å². The molecule has 2 aromatic carbocycles. The second-order valence-electron chi connectivity index (χ2n) is 9.78. The maximum Gasteiger partial charge on any atom is 0.328 e. The summed E-state index contributed by atoms with van der Waals surface area (Å²) in [5, 5.41) is 18.5. The summed E-state index contributed by atoms with van der Waals surface area (Å²) in [7, 11) is 1.20. The lowest BCUT2D eigenvalue weighted by molar-refractivity contribution is -0.145. The summed E-state index contributed by atoms with van der Waals surface area (Å²) in [6.45, 7) is 1.51. The van der Waals surface area contributed by atoms with Crippen LogP contribution < -0.4 is 27.4 Å². The number of nitrogens with one attached hydrogen (secondary N) is 4. The van der Waals surface area contributed by atoms with E-state index in [0.717, 1.165) is 16.5 Å². The Labute approximate surface area is 243 Å². The third-order valence-electron chi connectivity index (χ3n) is 6.55. The molecule has 0 aliphatic heterocycles. The lowest BCUT2D eigenvalue weighted by Gasteiger charge is -2.25. The Bertz CT molecular complexity index is 1420. The second-order valence-corrected chi connectivity index (χ2v) is 9.78. The minimum absolute atomic E-state index is 0.0577. The third kappa shape index (κ3) is 9.25. The van der Waals surface area contributed by atoms with Gasteiger partial charge in [0.15, 0.2) is 5.96 Å². The van der Waals surface area contributed by atoms with Gasteiger partial charge >= 0.3 is 5.97 Å². The van der Waals surface area contributed by atoms with E-state index in [1.165, 1.54) is 26.2 Å². The smallest absolute Gasteiger partial charge is 0.328 e. The first-order valence-corrected chi connectivity index (χ1v) is 13.4. The van der Waals surface area contributed by atoms with Crippen LogP contribution in [0.5, 0.6) is 5.75 Å². The van der Waals surface area contributed by atoms with E-state index in [9.17, 15) is 24.3 Å². The maximum absolute atomic E-state index is 13.5. The average molecular weight is 580 g/mol. The summed E-state index contributed by atoms with van der Waals surface area (Å²) in [6, 6.07) is 10.6. The molecular formula is C29H37N7O6. The molecule has 0 saturated carbocycles. The van der Waals surface area contributed by atoms with E-state index in [1.54, 1.807) is 18.3 Å². The molecule has 0 fully saturated rings. The van der Waals surface area contributed by atoms with E-state index in [-0.39, 0.29) is 37.5 Å². The van der Waals surface area contributed by atoms with Crippen molar-refractivity contribution in [3.05, 3.63) is 65.9 Å².